The van der Waals surface area contributed by atoms with E-state index in [9.17, 15) is 9.59 Å². The number of hydrogen-bond acceptors (Lipinski definition) is 4. The Morgan fingerprint density at radius 2 is 1.86 bits per heavy atom. The molecule has 0 bridgehead atoms. The van der Waals surface area contributed by atoms with E-state index in [0.717, 1.165) is 17.7 Å². The van der Waals surface area contributed by atoms with Crippen molar-refractivity contribution in [3.63, 3.8) is 0 Å². The Kier molecular flexibility index (Phi) is 8.78. The summed E-state index contributed by atoms with van der Waals surface area (Å²) < 4.78 is 5.50. The number of amides is 2. The van der Waals surface area contributed by atoms with Gasteiger partial charge in [-0.15, -0.1) is 0 Å². The fourth-order valence-corrected chi connectivity index (χ4v) is 2.43. The molecule has 0 radical (unpaired) electrons. The molecule has 2 aromatic rings. The largest absolute Gasteiger partial charge is 0.494 e. The van der Waals surface area contributed by atoms with Crippen LogP contribution < -0.4 is 15.5 Å². The summed E-state index contributed by atoms with van der Waals surface area (Å²) in [6.45, 7) is 2.89. The predicted octanol–water partition coefficient (Wildman–Crippen LogP) is 4.05. The van der Waals surface area contributed by atoms with Crippen LogP contribution in [0, 0.1) is 0 Å². The van der Waals surface area contributed by atoms with Crippen LogP contribution in [0.3, 0.4) is 0 Å². The number of carbonyl (C=O) groups excluding carboxylic acids is 2. The van der Waals surface area contributed by atoms with Gasteiger partial charge in [-0.3, -0.25) is 9.59 Å². The van der Waals surface area contributed by atoms with Gasteiger partial charge in [-0.25, -0.2) is 5.43 Å². The van der Waals surface area contributed by atoms with Crippen LogP contribution in [-0.2, 0) is 4.79 Å². The van der Waals surface area contributed by atoms with Gasteiger partial charge in [0.15, 0.2) is 0 Å². The lowest BCUT2D eigenvalue weighted by Crippen LogP contribution is -2.29. The van der Waals surface area contributed by atoms with E-state index in [1.807, 2.05) is 31.2 Å². The molecule has 0 aliphatic carbocycles. The first kappa shape index (κ1) is 21.7. The van der Waals surface area contributed by atoms with Gasteiger partial charge in [0.1, 0.15) is 5.75 Å². The number of hydrazone groups is 1. The van der Waals surface area contributed by atoms with Gasteiger partial charge in [-0.1, -0.05) is 30.1 Å². The van der Waals surface area contributed by atoms with Gasteiger partial charge in [0.25, 0.3) is 5.91 Å². The Bertz CT molecular complexity index is 839. The maximum Gasteiger partial charge on any atom is 0.251 e. The van der Waals surface area contributed by atoms with Crippen molar-refractivity contribution in [1.82, 2.24) is 10.7 Å². The van der Waals surface area contributed by atoms with Gasteiger partial charge >= 0.3 is 0 Å². The highest BCUT2D eigenvalue weighted by Crippen LogP contribution is 2.22. The van der Waals surface area contributed by atoms with E-state index in [1.165, 1.54) is 12.3 Å². The standard InChI is InChI=1S/C20H21Cl2N3O3/c1-2-11-28-16-6-3-14(4-7-16)13-24-25-19(26)9-10-23-20(27)15-5-8-17(21)18(22)12-15/h3-8,12-13H,2,9-11H2,1H3,(H,23,27)(H,25,26). The fourth-order valence-electron chi connectivity index (χ4n) is 2.13. The van der Waals surface area contributed by atoms with Crippen LogP contribution in [0.25, 0.3) is 0 Å². The number of halogens is 2. The second-order valence-corrected chi connectivity index (χ2v) is 6.66. The van der Waals surface area contributed by atoms with Crippen LogP contribution >= 0.6 is 23.2 Å². The zero-order chi connectivity index (χ0) is 20.4. The summed E-state index contributed by atoms with van der Waals surface area (Å²) in [5.41, 5.74) is 3.62. The lowest BCUT2D eigenvalue weighted by Gasteiger charge is -2.06. The molecule has 148 valence electrons. The first-order valence-corrected chi connectivity index (χ1v) is 9.53. The Morgan fingerprint density at radius 3 is 2.54 bits per heavy atom. The van der Waals surface area contributed by atoms with Crippen molar-refractivity contribution in [2.24, 2.45) is 5.10 Å². The van der Waals surface area contributed by atoms with Crippen LogP contribution in [0.1, 0.15) is 35.7 Å². The summed E-state index contributed by atoms with van der Waals surface area (Å²) in [5, 5.41) is 7.21. The van der Waals surface area contributed by atoms with E-state index in [0.29, 0.717) is 22.2 Å². The Balaban J connectivity index is 1.71. The number of benzene rings is 2. The topological polar surface area (TPSA) is 79.8 Å². The minimum Gasteiger partial charge on any atom is -0.494 e. The summed E-state index contributed by atoms with van der Waals surface area (Å²) in [4.78, 5) is 23.8. The third kappa shape index (κ3) is 7.21. The average Bonchev–Trinajstić information content (AvgIpc) is 2.69. The lowest BCUT2D eigenvalue weighted by molar-refractivity contribution is -0.120. The van der Waals surface area contributed by atoms with Crippen LogP contribution in [0.4, 0.5) is 0 Å². The van der Waals surface area contributed by atoms with Gasteiger partial charge in [-0.2, -0.15) is 5.10 Å². The second kappa shape index (κ2) is 11.3. The molecule has 8 heteroatoms. The predicted molar refractivity (Wildman–Crippen MR) is 111 cm³/mol. The van der Waals surface area contributed by atoms with E-state index in [1.54, 1.807) is 12.1 Å². The van der Waals surface area contributed by atoms with Crippen LogP contribution in [-0.4, -0.2) is 31.2 Å². The van der Waals surface area contributed by atoms with Crippen molar-refractivity contribution >= 4 is 41.2 Å². The quantitative estimate of drug-likeness (QED) is 0.473. The van der Waals surface area contributed by atoms with Gasteiger partial charge < -0.3 is 10.1 Å². The molecule has 0 unspecified atom stereocenters. The lowest BCUT2D eigenvalue weighted by atomic mass is 10.2. The van der Waals surface area contributed by atoms with Gasteiger partial charge in [0.2, 0.25) is 5.91 Å². The molecular weight excluding hydrogens is 401 g/mol. The molecular formula is C20H21Cl2N3O3. The molecule has 28 heavy (non-hydrogen) atoms. The molecule has 0 saturated carbocycles. The Hall–Kier alpha value is -2.57. The molecule has 0 fully saturated rings. The molecule has 0 aliphatic rings. The van der Waals surface area contributed by atoms with Crippen LogP contribution in [0.15, 0.2) is 47.6 Å². The number of carbonyl (C=O) groups is 2. The molecule has 0 atom stereocenters. The highest BCUT2D eigenvalue weighted by atomic mass is 35.5. The Labute approximate surface area is 173 Å². The normalized spacial score (nSPS) is 10.7. The highest BCUT2D eigenvalue weighted by molar-refractivity contribution is 6.42. The third-order valence-corrected chi connectivity index (χ3v) is 4.31. The molecule has 0 saturated heterocycles. The molecule has 2 amide bonds. The summed E-state index contributed by atoms with van der Waals surface area (Å²) >= 11 is 11.7. The SMILES string of the molecule is CCCOc1ccc(C=NNC(=O)CCNC(=O)c2ccc(Cl)c(Cl)c2)cc1. The van der Waals surface area contributed by atoms with Crippen molar-refractivity contribution in [2.45, 2.75) is 19.8 Å². The van der Waals surface area contributed by atoms with E-state index in [4.69, 9.17) is 27.9 Å². The van der Waals surface area contributed by atoms with Crippen molar-refractivity contribution in [1.29, 1.82) is 0 Å². The molecule has 0 aromatic heterocycles. The molecule has 6 nitrogen and oxygen atoms in total. The maximum absolute atomic E-state index is 12.0. The zero-order valence-electron chi connectivity index (χ0n) is 15.4. The van der Waals surface area contributed by atoms with Crippen molar-refractivity contribution in [3.8, 4) is 5.75 Å². The van der Waals surface area contributed by atoms with Crippen molar-refractivity contribution in [3.05, 3.63) is 63.6 Å². The smallest absolute Gasteiger partial charge is 0.251 e. The summed E-state index contributed by atoms with van der Waals surface area (Å²) in [7, 11) is 0. The summed E-state index contributed by atoms with van der Waals surface area (Å²) in [6.07, 6.45) is 2.58. The second-order valence-electron chi connectivity index (χ2n) is 5.85. The molecule has 0 spiro atoms. The molecule has 0 aliphatic heterocycles. The monoisotopic (exact) mass is 421 g/mol. The molecule has 2 rings (SSSR count). The van der Waals surface area contributed by atoms with E-state index in [2.05, 4.69) is 15.8 Å². The average molecular weight is 422 g/mol. The molecule has 2 aromatic carbocycles. The minimum absolute atomic E-state index is 0.0915. The number of nitrogens with zero attached hydrogens (tertiary/aromatic N) is 1. The van der Waals surface area contributed by atoms with Gasteiger partial charge in [-0.05, 0) is 54.4 Å². The van der Waals surface area contributed by atoms with Crippen LogP contribution in [0.5, 0.6) is 5.75 Å². The van der Waals surface area contributed by atoms with E-state index < -0.39 is 0 Å². The third-order valence-electron chi connectivity index (χ3n) is 3.58. The number of hydrogen-bond donors (Lipinski definition) is 2. The first-order valence-electron chi connectivity index (χ1n) is 8.77. The Morgan fingerprint density at radius 1 is 1.11 bits per heavy atom. The highest BCUT2D eigenvalue weighted by Gasteiger charge is 2.08. The number of nitrogens with one attached hydrogen (secondary N) is 2. The zero-order valence-corrected chi connectivity index (χ0v) is 16.9. The van der Waals surface area contributed by atoms with Gasteiger partial charge in [0.05, 0.1) is 22.9 Å². The van der Waals surface area contributed by atoms with Crippen LogP contribution in [0.2, 0.25) is 10.0 Å². The van der Waals surface area contributed by atoms with Crippen molar-refractivity contribution in [2.75, 3.05) is 13.2 Å². The molecule has 0 heterocycles. The maximum atomic E-state index is 12.0. The van der Waals surface area contributed by atoms with Gasteiger partial charge in [0, 0.05) is 18.5 Å². The minimum atomic E-state index is -0.333. The van der Waals surface area contributed by atoms with E-state index in [-0.39, 0.29) is 24.8 Å². The summed E-state index contributed by atoms with van der Waals surface area (Å²) in [5.74, 6) is 0.148. The number of rotatable bonds is 9. The molecule has 2 N–H and O–H groups in total. The van der Waals surface area contributed by atoms with Crippen molar-refractivity contribution < 1.29 is 14.3 Å². The fraction of sp³-hybridized carbons (Fsp3) is 0.250. The first-order chi connectivity index (χ1) is 13.5. The number of ether oxygens (including phenoxy) is 1. The van der Waals surface area contributed by atoms with E-state index >= 15 is 0 Å². The summed E-state index contributed by atoms with van der Waals surface area (Å²) in [6, 6.07) is 12.0.